The van der Waals surface area contributed by atoms with Crippen molar-refractivity contribution in [3.8, 4) is 11.3 Å². The molecule has 2 fully saturated rings. The molecule has 5 rings (SSSR count). The van der Waals surface area contributed by atoms with Gasteiger partial charge in [-0.25, -0.2) is 9.78 Å². The van der Waals surface area contributed by atoms with Gasteiger partial charge in [-0.2, -0.15) is 0 Å². The summed E-state index contributed by atoms with van der Waals surface area (Å²) in [6, 6.07) is 15.9. The van der Waals surface area contributed by atoms with Crippen molar-refractivity contribution in [3.05, 3.63) is 64.7 Å². The second kappa shape index (κ2) is 10.1. The quantitative estimate of drug-likeness (QED) is 0.503. The third-order valence-corrected chi connectivity index (χ3v) is 7.86. The van der Waals surface area contributed by atoms with Gasteiger partial charge in [-0.3, -0.25) is 9.69 Å². The van der Waals surface area contributed by atoms with Gasteiger partial charge in [0.1, 0.15) is 0 Å². The number of hydrogen-bond acceptors (Lipinski definition) is 4. The van der Waals surface area contributed by atoms with E-state index < -0.39 is 6.09 Å². The van der Waals surface area contributed by atoms with E-state index in [1.807, 2.05) is 19.1 Å². The molecule has 3 heterocycles. The van der Waals surface area contributed by atoms with Crippen molar-refractivity contribution in [1.82, 2.24) is 19.7 Å². The van der Waals surface area contributed by atoms with Crippen LogP contribution in [0.3, 0.4) is 0 Å². The number of carboxylic acid groups (broad SMARTS) is 1. The highest BCUT2D eigenvalue weighted by Crippen LogP contribution is 2.31. The first-order valence-electron chi connectivity index (χ1n) is 12.6. The summed E-state index contributed by atoms with van der Waals surface area (Å²) in [4.78, 5) is 35.0. The summed E-state index contributed by atoms with van der Waals surface area (Å²) in [6.07, 6.45) is 1.58. The SMILES string of the molecule is CC(c1ccc(-c2cc(Cl)c3ccc(C(=O)N4CCN(C(=O)O)[C@H](C)C4)cc3n2)cc1)N1CCCC1. The molecule has 36 heavy (non-hydrogen) atoms. The van der Waals surface area contributed by atoms with Crippen molar-refractivity contribution in [2.24, 2.45) is 0 Å². The van der Waals surface area contributed by atoms with Gasteiger partial charge in [0, 0.05) is 48.2 Å². The lowest BCUT2D eigenvalue weighted by atomic mass is 10.0. The molecule has 188 valence electrons. The Kier molecular flexibility index (Phi) is 6.86. The highest BCUT2D eigenvalue weighted by atomic mass is 35.5. The van der Waals surface area contributed by atoms with Crippen molar-refractivity contribution < 1.29 is 14.7 Å². The Morgan fingerprint density at radius 3 is 2.42 bits per heavy atom. The number of halogens is 1. The summed E-state index contributed by atoms with van der Waals surface area (Å²) in [5, 5.41) is 10.7. The molecular weight excluding hydrogens is 476 g/mol. The fourth-order valence-corrected chi connectivity index (χ4v) is 5.61. The fraction of sp³-hybridized carbons (Fsp3) is 0.393. The second-order valence-electron chi connectivity index (χ2n) is 9.84. The van der Waals surface area contributed by atoms with Crippen LogP contribution >= 0.6 is 11.6 Å². The largest absolute Gasteiger partial charge is 0.465 e. The van der Waals surface area contributed by atoms with Gasteiger partial charge >= 0.3 is 6.09 Å². The van der Waals surface area contributed by atoms with Crippen LogP contribution in [-0.4, -0.2) is 75.6 Å². The van der Waals surface area contributed by atoms with Crippen molar-refractivity contribution in [2.45, 2.75) is 38.8 Å². The van der Waals surface area contributed by atoms with Crippen LogP contribution in [0.4, 0.5) is 4.79 Å². The molecule has 7 nitrogen and oxygen atoms in total. The summed E-state index contributed by atoms with van der Waals surface area (Å²) in [7, 11) is 0. The van der Waals surface area contributed by atoms with E-state index in [0.717, 1.165) is 29.7 Å². The van der Waals surface area contributed by atoms with Crippen LogP contribution in [0.5, 0.6) is 0 Å². The van der Waals surface area contributed by atoms with Crippen LogP contribution in [-0.2, 0) is 0 Å². The Hall–Kier alpha value is -3.16. The Morgan fingerprint density at radius 1 is 1.03 bits per heavy atom. The molecule has 2 aromatic carbocycles. The number of nitrogens with zero attached hydrogens (tertiary/aromatic N) is 4. The van der Waals surface area contributed by atoms with Crippen LogP contribution in [0.25, 0.3) is 22.2 Å². The first kappa shape index (κ1) is 24.5. The zero-order chi connectivity index (χ0) is 25.4. The highest BCUT2D eigenvalue weighted by molar-refractivity contribution is 6.35. The van der Waals surface area contributed by atoms with Crippen molar-refractivity contribution in [2.75, 3.05) is 32.7 Å². The number of aromatic nitrogens is 1. The molecule has 2 saturated heterocycles. The predicted molar refractivity (Wildman–Crippen MR) is 142 cm³/mol. The lowest BCUT2D eigenvalue weighted by Crippen LogP contribution is -2.55. The minimum absolute atomic E-state index is 0.127. The Bertz CT molecular complexity index is 1290. The molecule has 0 bridgehead atoms. The molecule has 0 spiro atoms. The standard InChI is InChI=1S/C28H31ClN4O3/c1-18-17-32(13-14-33(18)28(35)36)27(34)22-9-10-23-24(29)16-25(30-26(23)15-22)21-7-5-20(6-8-21)19(2)31-11-3-4-12-31/h5-10,15-16,18-19H,3-4,11-14,17H2,1-2H3,(H,35,36)/t18-,19?/m1/s1. The van der Waals surface area contributed by atoms with Gasteiger partial charge in [-0.05, 0) is 63.5 Å². The smallest absolute Gasteiger partial charge is 0.407 e. The van der Waals surface area contributed by atoms with Gasteiger partial charge in [-0.1, -0.05) is 41.9 Å². The van der Waals surface area contributed by atoms with Gasteiger partial charge in [0.25, 0.3) is 5.91 Å². The molecule has 2 aliphatic heterocycles. The summed E-state index contributed by atoms with van der Waals surface area (Å²) < 4.78 is 0. The first-order chi connectivity index (χ1) is 17.3. The van der Waals surface area contributed by atoms with Gasteiger partial charge in [0.2, 0.25) is 0 Å². The van der Waals surface area contributed by atoms with Crippen LogP contribution in [0.2, 0.25) is 5.02 Å². The number of carbonyl (C=O) groups is 2. The maximum absolute atomic E-state index is 13.2. The number of amides is 2. The second-order valence-corrected chi connectivity index (χ2v) is 10.2. The minimum atomic E-state index is -0.954. The average Bonchev–Trinajstić information content (AvgIpc) is 3.42. The van der Waals surface area contributed by atoms with E-state index in [0.29, 0.717) is 41.8 Å². The zero-order valence-electron chi connectivity index (χ0n) is 20.7. The Morgan fingerprint density at radius 2 is 1.75 bits per heavy atom. The van der Waals surface area contributed by atoms with Gasteiger partial charge in [-0.15, -0.1) is 0 Å². The number of likely N-dealkylation sites (tertiary alicyclic amines) is 1. The van der Waals surface area contributed by atoms with Gasteiger partial charge < -0.3 is 14.9 Å². The van der Waals surface area contributed by atoms with Gasteiger partial charge in [0.05, 0.1) is 16.2 Å². The van der Waals surface area contributed by atoms with E-state index in [1.165, 1.54) is 23.3 Å². The monoisotopic (exact) mass is 506 g/mol. The molecule has 1 unspecified atom stereocenters. The van der Waals surface area contributed by atoms with Crippen molar-refractivity contribution in [3.63, 3.8) is 0 Å². The third-order valence-electron chi connectivity index (χ3n) is 7.54. The van der Waals surface area contributed by atoms with E-state index in [4.69, 9.17) is 16.6 Å². The molecule has 0 saturated carbocycles. The van der Waals surface area contributed by atoms with E-state index in [1.54, 1.807) is 17.0 Å². The van der Waals surface area contributed by atoms with E-state index in [2.05, 4.69) is 36.1 Å². The molecule has 1 N–H and O–H groups in total. The predicted octanol–water partition coefficient (Wildman–Crippen LogP) is 5.54. The molecular formula is C28H31ClN4O3. The molecule has 1 aromatic heterocycles. The molecule has 0 aliphatic carbocycles. The Balaban J connectivity index is 1.38. The molecule has 0 radical (unpaired) electrons. The number of fused-ring (bicyclic) bond motifs is 1. The van der Waals surface area contributed by atoms with Crippen LogP contribution in [0.1, 0.15) is 48.7 Å². The van der Waals surface area contributed by atoms with Crippen LogP contribution in [0.15, 0.2) is 48.5 Å². The minimum Gasteiger partial charge on any atom is -0.465 e. The maximum Gasteiger partial charge on any atom is 0.407 e. The molecule has 2 aliphatic rings. The summed E-state index contributed by atoms with van der Waals surface area (Å²) in [6.45, 7) is 7.41. The number of rotatable bonds is 4. The summed E-state index contributed by atoms with van der Waals surface area (Å²) in [5.41, 5.74) is 4.22. The first-order valence-corrected chi connectivity index (χ1v) is 12.9. The van der Waals surface area contributed by atoms with E-state index in [-0.39, 0.29) is 11.9 Å². The van der Waals surface area contributed by atoms with E-state index in [9.17, 15) is 14.7 Å². The third kappa shape index (κ3) is 4.77. The number of piperazine rings is 1. The summed E-state index contributed by atoms with van der Waals surface area (Å²) in [5.74, 6) is -0.127. The summed E-state index contributed by atoms with van der Waals surface area (Å²) >= 11 is 6.62. The lowest BCUT2D eigenvalue weighted by Gasteiger charge is -2.38. The highest BCUT2D eigenvalue weighted by Gasteiger charge is 2.30. The van der Waals surface area contributed by atoms with Crippen LogP contribution in [0, 0.1) is 0 Å². The Labute approximate surface area is 216 Å². The maximum atomic E-state index is 13.2. The number of hydrogen-bond donors (Lipinski definition) is 1. The molecule has 3 aromatic rings. The number of benzene rings is 2. The normalized spacial score (nSPS) is 19.6. The van der Waals surface area contributed by atoms with Gasteiger partial charge in [0.15, 0.2) is 0 Å². The zero-order valence-corrected chi connectivity index (χ0v) is 21.4. The average molecular weight is 507 g/mol. The molecule has 8 heteroatoms. The van der Waals surface area contributed by atoms with Crippen molar-refractivity contribution in [1.29, 1.82) is 0 Å². The molecule has 2 atom stereocenters. The van der Waals surface area contributed by atoms with Crippen molar-refractivity contribution >= 4 is 34.5 Å². The number of carbonyl (C=O) groups excluding carboxylic acids is 1. The number of pyridine rings is 1. The fourth-order valence-electron chi connectivity index (χ4n) is 5.35. The molecule has 2 amide bonds. The topological polar surface area (TPSA) is 77.0 Å². The lowest BCUT2D eigenvalue weighted by molar-refractivity contribution is 0.0507. The van der Waals surface area contributed by atoms with Crippen LogP contribution < -0.4 is 0 Å². The van der Waals surface area contributed by atoms with E-state index >= 15 is 0 Å².